The van der Waals surface area contributed by atoms with Crippen LogP contribution in [0.25, 0.3) is 0 Å². The quantitative estimate of drug-likeness (QED) is 0.923. The Morgan fingerprint density at radius 3 is 3.00 bits per heavy atom. The van der Waals surface area contributed by atoms with Crippen LogP contribution in [0.3, 0.4) is 0 Å². The van der Waals surface area contributed by atoms with Gasteiger partial charge >= 0.3 is 0 Å². The normalized spacial score (nSPS) is 21.7. The first-order chi connectivity index (χ1) is 9.85. The van der Waals surface area contributed by atoms with Crippen molar-refractivity contribution in [3.05, 3.63) is 53.6 Å². The molecule has 0 saturated carbocycles. The Bertz CT molecular complexity index is 573. The summed E-state index contributed by atoms with van der Waals surface area (Å²) in [6.45, 7) is 2.21. The van der Waals surface area contributed by atoms with Gasteiger partial charge in [-0.15, -0.1) is 0 Å². The Hall–Kier alpha value is -1.61. The van der Waals surface area contributed by atoms with Gasteiger partial charge in [0.2, 0.25) is 0 Å². The zero-order valence-electron chi connectivity index (χ0n) is 12.3. The van der Waals surface area contributed by atoms with Crippen LogP contribution in [0.5, 0.6) is 0 Å². The Morgan fingerprint density at radius 1 is 1.35 bits per heavy atom. The van der Waals surface area contributed by atoms with Crippen LogP contribution in [0.15, 0.2) is 36.7 Å². The second-order valence-electron chi connectivity index (χ2n) is 5.57. The van der Waals surface area contributed by atoms with E-state index in [0.29, 0.717) is 12.1 Å². The van der Waals surface area contributed by atoms with E-state index in [1.807, 2.05) is 6.20 Å². The van der Waals surface area contributed by atoms with Gasteiger partial charge in [0.05, 0.1) is 12.1 Å². The lowest BCUT2D eigenvalue weighted by Gasteiger charge is -2.35. The van der Waals surface area contributed by atoms with Crippen LogP contribution in [-0.2, 0) is 12.8 Å². The summed E-state index contributed by atoms with van der Waals surface area (Å²) in [7, 11) is 2.07. The van der Waals surface area contributed by atoms with Crippen LogP contribution >= 0.6 is 0 Å². The summed E-state index contributed by atoms with van der Waals surface area (Å²) in [5, 5.41) is 3.52. The van der Waals surface area contributed by atoms with E-state index in [2.05, 4.69) is 59.3 Å². The molecule has 0 spiro atoms. The molecule has 1 aromatic carbocycles. The molecular formula is C17H23N3. The standard InChI is InChI=1S/C17H23N3/c1-3-6-16-19-11-12-20(16)15-10-9-13-7-4-5-8-14(13)17(15)18-2/h4-5,7-8,11-12,15,17-18H,3,6,9-10H2,1-2H3. The van der Waals surface area contributed by atoms with E-state index in [4.69, 9.17) is 0 Å². The minimum absolute atomic E-state index is 0.379. The van der Waals surface area contributed by atoms with Gasteiger partial charge in [-0.1, -0.05) is 31.2 Å². The first-order valence-electron chi connectivity index (χ1n) is 7.62. The van der Waals surface area contributed by atoms with Crippen molar-refractivity contribution in [3.8, 4) is 0 Å². The largest absolute Gasteiger partial charge is 0.330 e. The van der Waals surface area contributed by atoms with E-state index in [1.54, 1.807) is 0 Å². The Labute approximate surface area is 121 Å². The number of rotatable bonds is 4. The van der Waals surface area contributed by atoms with E-state index in [0.717, 1.165) is 19.3 Å². The predicted octanol–water partition coefficient (Wildman–Crippen LogP) is 3.28. The molecule has 3 rings (SSSR count). The number of fused-ring (bicyclic) bond motifs is 1. The fraction of sp³-hybridized carbons (Fsp3) is 0.471. The number of benzene rings is 1. The highest BCUT2D eigenvalue weighted by atomic mass is 15.1. The zero-order chi connectivity index (χ0) is 13.9. The number of hydrogen-bond donors (Lipinski definition) is 1. The third-order valence-corrected chi connectivity index (χ3v) is 4.38. The summed E-state index contributed by atoms with van der Waals surface area (Å²) in [6.07, 6.45) is 8.62. The van der Waals surface area contributed by atoms with Crippen molar-refractivity contribution in [1.29, 1.82) is 0 Å². The highest BCUT2D eigenvalue weighted by molar-refractivity contribution is 5.33. The van der Waals surface area contributed by atoms with Gasteiger partial charge in [0.25, 0.3) is 0 Å². The summed E-state index contributed by atoms with van der Waals surface area (Å²) in [6, 6.07) is 9.66. The molecule has 2 unspecified atom stereocenters. The number of hydrogen-bond acceptors (Lipinski definition) is 2. The predicted molar refractivity (Wildman–Crippen MR) is 81.8 cm³/mol. The van der Waals surface area contributed by atoms with E-state index < -0.39 is 0 Å². The van der Waals surface area contributed by atoms with Crippen molar-refractivity contribution >= 4 is 0 Å². The Kier molecular flexibility index (Phi) is 3.88. The van der Waals surface area contributed by atoms with Crippen molar-refractivity contribution in [3.63, 3.8) is 0 Å². The molecule has 1 aliphatic rings. The molecule has 0 amide bonds. The molecule has 3 nitrogen and oxygen atoms in total. The second-order valence-corrected chi connectivity index (χ2v) is 5.57. The highest BCUT2D eigenvalue weighted by Crippen LogP contribution is 2.37. The Morgan fingerprint density at radius 2 is 2.20 bits per heavy atom. The molecule has 1 aromatic heterocycles. The molecule has 1 heterocycles. The smallest absolute Gasteiger partial charge is 0.108 e. The maximum atomic E-state index is 4.54. The monoisotopic (exact) mass is 269 g/mol. The van der Waals surface area contributed by atoms with E-state index >= 15 is 0 Å². The lowest BCUT2D eigenvalue weighted by Crippen LogP contribution is -2.32. The maximum absolute atomic E-state index is 4.54. The van der Waals surface area contributed by atoms with Crippen LogP contribution in [0.2, 0.25) is 0 Å². The fourth-order valence-electron chi connectivity index (χ4n) is 3.45. The zero-order valence-corrected chi connectivity index (χ0v) is 12.3. The molecule has 0 radical (unpaired) electrons. The lowest BCUT2D eigenvalue weighted by molar-refractivity contribution is 0.325. The van der Waals surface area contributed by atoms with Crippen LogP contribution in [-0.4, -0.2) is 16.6 Å². The first kappa shape index (κ1) is 13.4. The van der Waals surface area contributed by atoms with Crippen molar-refractivity contribution in [2.24, 2.45) is 0 Å². The van der Waals surface area contributed by atoms with Crippen molar-refractivity contribution in [2.45, 2.75) is 44.7 Å². The van der Waals surface area contributed by atoms with E-state index in [-0.39, 0.29) is 0 Å². The molecule has 3 heteroatoms. The molecular weight excluding hydrogens is 246 g/mol. The minimum atomic E-state index is 0.379. The van der Waals surface area contributed by atoms with Gasteiger partial charge in [0.1, 0.15) is 5.82 Å². The molecule has 0 bridgehead atoms. The summed E-state index contributed by atoms with van der Waals surface area (Å²) in [4.78, 5) is 4.54. The summed E-state index contributed by atoms with van der Waals surface area (Å²) >= 11 is 0. The highest BCUT2D eigenvalue weighted by Gasteiger charge is 2.30. The molecule has 106 valence electrons. The second kappa shape index (κ2) is 5.80. The van der Waals surface area contributed by atoms with Gasteiger partial charge in [-0.3, -0.25) is 0 Å². The summed E-state index contributed by atoms with van der Waals surface area (Å²) in [5.41, 5.74) is 2.93. The van der Waals surface area contributed by atoms with Gasteiger partial charge in [-0.25, -0.2) is 4.98 Å². The molecule has 20 heavy (non-hydrogen) atoms. The van der Waals surface area contributed by atoms with Crippen molar-refractivity contribution in [2.75, 3.05) is 7.05 Å². The van der Waals surface area contributed by atoms with Crippen LogP contribution in [0.4, 0.5) is 0 Å². The summed E-state index contributed by atoms with van der Waals surface area (Å²) in [5.74, 6) is 1.22. The fourth-order valence-corrected chi connectivity index (χ4v) is 3.45. The van der Waals surface area contributed by atoms with Gasteiger partial charge in [-0.2, -0.15) is 0 Å². The molecule has 0 aliphatic heterocycles. The van der Waals surface area contributed by atoms with Gasteiger partial charge in [0, 0.05) is 18.8 Å². The third kappa shape index (κ3) is 2.27. The molecule has 2 aromatic rings. The van der Waals surface area contributed by atoms with E-state index in [9.17, 15) is 0 Å². The topological polar surface area (TPSA) is 29.9 Å². The van der Waals surface area contributed by atoms with Gasteiger partial charge in [-0.05, 0) is 37.4 Å². The lowest BCUT2D eigenvalue weighted by atomic mass is 9.84. The first-order valence-corrected chi connectivity index (χ1v) is 7.62. The van der Waals surface area contributed by atoms with Crippen molar-refractivity contribution in [1.82, 2.24) is 14.9 Å². The van der Waals surface area contributed by atoms with Crippen molar-refractivity contribution < 1.29 is 0 Å². The SMILES string of the molecule is CCCc1nccn1C1CCc2ccccc2C1NC. The number of imidazole rings is 1. The molecule has 2 atom stereocenters. The molecule has 1 N–H and O–H groups in total. The summed E-state index contributed by atoms with van der Waals surface area (Å²) < 4.78 is 2.39. The number of nitrogens with one attached hydrogen (secondary N) is 1. The number of likely N-dealkylation sites (N-methyl/N-ethyl adjacent to an activating group) is 1. The van der Waals surface area contributed by atoms with E-state index in [1.165, 1.54) is 23.4 Å². The average molecular weight is 269 g/mol. The van der Waals surface area contributed by atoms with Crippen LogP contribution in [0.1, 0.15) is 48.8 Å². The third-order valence-electron chi connectivity index (χ3n) is 4.38. The van der Waals surface area contributed by atoms with Crippen LogP contribution < -0.4 is 5.32 Å². The number of nitrogens with zero attached hydrogens (tertiary/aromatic N) is 2. The molecule has 0 fully saturated rings. The average Bonchev–Trinajstić information content (AvgIpc) is 2.94. The van der Waals surface area contributed by atoms with Gasteiger partial charge in [0.15, 0.2) is 0 Å². The minimum Gasteiger partial charge on any atom is -0.330 e. The maximum Gasteiger partial charge on any atom is 0.108 e. The Balaban J connectivity index is 1.96. The van der Waals surface area contributed by atoms with Crippen LogP contribution in [0, 0.1) is 0 Å². The van der Waals surface area contributed by atoms with Gasteiger partial charge < -0.3 is 9.88 Å². The molecule has 1 aliphatic carbocycles. The number of aryl methyl sites for hydroxylation is 2. The number of aromatic nitrogens is 2. The molecule has 0 saturated heterocycles.